The van der Waals surface area contributed by atoms with E-state index in [-0.39, 0.29) is 5.91 Å². The lowest BCUT2D eigenvalue weighted by Gasteiger charge is -2.25. The first-order chi connectivity index (χ1) is 8.02. The Morgan fingerprint density at radius 2 is 1.59 bits per heavy atom. The molecule has 2 atom stereocenters. The number of carboxylic acids is 1. The number of carbonyl (C=O) groups excluding carboxylic acids is 1. The van der Waals surface area contributed by atoms with Gasteiger partial charge in [-0.1, -0.05) is 12.8 Å². The first-order valence-electron chi connectivity index (χ1n) is 6.19. The van der Waals surface area contributed by atoms with Crippen molar-refractivity contribution in [1.82, 2.24) is 4.90 Å². The lowest BCUT2D eigenvalue weighted by atomic mass is 10.2. The molecule has 5 heteroatoms. The fraction of sp³-hybridized carbons (Fsp3) is 0.833. The number of carboxylic acid groups (broad SMARTS) is 1. The van der Waals surface area contributed by atoms with Gasteiger partial charge in [0.15, 0.2) is 6.10 Å². The Morgan fingerprint density at radius 3 is 2.06 bits per heavy atom. The van der Waals surface area contributed by atoms with E-state index in [1.165, 1.54) is 6.92 Å². The van der Waals surface area contributed by atoms with E-state index in [2.05, 4.69) is 0 Å². The standard InChI is InChI=1S/C12H21NO4/c1-9(17-10(2)12(15)16)11(14)13-7-5-3-4-6-8-13/h9-10H,3-8H2,1-2H3,(H,15,16)/t9?,10-/m1/s1. The monoisotopic (exact) mass is 243 g/mol. The lowest BCUT2D eigenvalue weighted by Crippen LogP contribution is -2.41. The Balaban J connectivity index is 2.47. The highest BCUT2D eigenvalue weighted by molar-refractivity contribution is 5.81. The van der Waals surface area contributed by atoms with Gasteiger partial charge in [-0.15, -0.1) is 0 Å². The fourth-order valence-corrected chi connectivity index (χ4v) is 1.97. The maximum absolute atomic E-state index is 12.0. The Labute approximate surface area is 102 Å². The van der Waals surface area contributed by atoms with Crippen LogP contribution in [0.4, 0.5) is 0 Å². The highest BCUT2D eigenvalue weighted by atomic mass is 16.5. The van der Waals surface area contributed by atoms with Gasteiger partial charge in [-0.3, -0.25) is 4.79 Å². The molecule has 0 aromatic rings. The van der Waals surface area contributed by atoms with Crippen LogP contribution in [0.1, 0.15) is 39.5 Å². The zero-order valence-electron chi connectivity index (χ0n) is 10.5. The molecule has 1 unspecified atom stereocenters. The molecule has 0 aromatic carbocycles. The number of aliphatic carboxylic acids is 1. The summed E-state index contributed by atoms with van der Waals surface area (Å²) in [5.41, 5.74) is 0. The molecule has 1 amide bonds. The third-order valence-corrected chi connectivity index (χ3v) is 3.02. The molecular weight excluding hydrogens is 222 g/mol. The third-order valence-electron chi connectivity index (χ3n) is 3.02. The van der Waals surface area contributed by atoms with Crippen LogP contribution in [0.2, 0.25) is 0 Å². The molecule has 0 aliphatic carbocycles. The van der Waals surface area contributed by atoms with E-state index in [9.17, 15) is 9.59 Å². The van der Waals surface area contributed by atoms with Crippen LogP contribution < -0.4 is 0 Å². The number of hydrogen-bond donors (Lipinski definition) is 1. The largest absolute Gasteiger partial charge is 0.479 e. The summed E-state index contributed by atoms with van der Waals surface area (Å²) in [6, 6.07) is 0. The summed E-state index contributed by atoms with van der Waals surface area (Å²) in [6.07, 6.45) is 2.73. The van der Waals surface area contributed by atoms with Gasteiger partial charge < -0.3 is 14.7 Å². The highest BCUT2D eigenvalue weighted by Crippen LogP contribution is 2.12. The van der Waals surface area contributed by atoms with E-state index >= 15 is 0 Å². The number of carbonyl (C=O) groups is 2. The van der Waals surface area contributed by atoms with Crippen molar-refractivity contribution in [2.75, 3.05) is 13.1 Å². The summed E-state index contributed by atoms with van der Waals surface area (Å²) in [5.74, 6) is -1.14. The van der Waals surface area contributed by atoms with Crippen LogP contribution in [0.3, 0.4) is 0 Å². The smallest absolute Gasteiger partial charge is 0.332 e. The van der Waals surface area contributed by atoms with Gasteiger partial charge in [-0.25, -0.2) is 4.79 Å². The summed E-state index contributed by atoms with van der Waals surface area (Å²) in [7, 11) is 0. The number of ether oxygens (including phenoxy) is 1. The zero-order chi connectivity index (χ0) is 12.8. The highest BCUT2D eigenvalue weighted by Gasteiger charge is 2.25. The van der Waals surface area contributed by atoms with Crippen LogP contribution in [-0.4, -0.2) is 47.2 Å². The Bertz CT molecular complexity index is 272. The average molecular weight is 243 g/mol. The maximum Gasteiger partial charge on any atom is 0.332 e. The third kappa shape index (κ3) is 4.34. The predicted octanol–water partition coefficient (Wildman–Crippen LogP) is 1.27. The van der Waals surface area contributed by atoms with Crippen LogP contribution in [0.25, 0.3) is 0 Å². The maximum atomic E-state index is 12.0. The van der Waals surface area contributed by atoms with Crippen molar-refractivity contribution in [3.8, 4) is 0 Å². The first kappa shape index (κ1) is 14.0. The average Bonchev–Trinajstić information content (AvgIpc) is 2.56. The van der Waals surface area contributed by atoms with Gasteiger partial charge in [0.05, 0.1) is 0 Å². The van der Waals surface area contributed by atoms with Gasteiger partial charge in [0, 0.05) is 13.1 Å². The second kappa shape index (κ2) is 6.59. The van der Waals surface area contributed by atoms with E-state index < -0.39 is 18.2 Å². The molecule has 17 heavy (non-hydrogen) atoms. The Hall–Kier alpha value is -1.10. The van der Waals surface area contributed by atoms with Gasteiger partial charge in [-0.2, -0.15) is 0 Å². The molecule has 1 saturated heterocycles. The minimum absolute atomic E-state index is 0.0972. The van der Waals surface area contributed by atoms with E-state index in [1.807, 2.05) is 0 Å². The van der Waals surface area contributed by atoms with Crippen molar-refractivity contribution in [3.05, 3.63) is 0 Å². The molecule has 1 fully saturated rings. The van der Waals surface area contributed by atoms with Gasteiger partial charge in [-0.05, 0) is 26.7 Å². The molecule has 0 radical (unpaired) electrons. The van der Waals surface area contributed by atoms with Crippen LogP contribution in [-0.2, 0) is 14.3 Å². The molecule has 0 aromatic heterocycles. The lowest BCUT2D eigenvalue weighted by molar-refractivity contribution is -0.159. The topological polar surface area (TPSA) is 66.8 Å². The van der Waals surface area contributed by atoms with Gasteiger partial charge in [0.25, 0.3) is 5.91 Å². The molecule has 0 saturated carbocycles. The number of nitrogens with zero attached hydrogens (tertiary/aromatic N) is 1. The molecule has 1 N–H and O–H groups in total. The molecule has 5 nitrogen and oxygen atoms in total. The summed E-state index contributed by atoms with van der Waals surface area (Å²) < 4.78 is 5.18. The minimum Gasteiger partial charge on any atom is -0.479 e. The number of amides is 1. The Kier molecular flexibility index (Phi) is 5.41. The summed E-state index contributed by atoms with van der Waals surface area (Å²) in [5, 5.41) is 8.72. The first-order valence-corrected chi connectivity index (χ1v) is 6.19. The Morgan fingerprint density at radius 1 is 1.06 bits per heavy atom. The quantitative estimate of drug-likeness (QED) is 0.807. The molecule has 1 aliphatic rings. The minimum atomic E-state index is -1.04. The van der Waals surface area contributed by atoms with Crippen LogP contribution in [0, 0.1) is 0 Å². The molecule has 1 aliphatic heterocycles. The molecule has 1 heterocycles. The number of rotatable bonds is 4. The molecule has 0 spiro atoms. The van der Waals surface area contributed by atoms with Crippen LogP contribution >= 0.6 is 0 Å². The van der Waals surface area contributed by atoms with E-state index in [1.54, 1.807) is 11.8 Å². The summed E-state index contributed by atoms with van der Waals surface area (Å²) in [4.78, 5) is 24.4. The van der Waals surface area contributed by atoms with Gasteiger partial charge >= 0.3 is 5.97 Å². The van der Waals surface area contributed by atoms with Crippen molar-refractivity contribution in [2.45, 2.75) is 51.7 Å². The zero-order valence-corrected chi connectivity index (χ0v) is 10.5. The van der Waals surface area contributed by atoms with Crippen molar-refractivity contribution >= 4 is 11.9 Å². The summed E-state index contributed by atoms with van der Waals surface area (Å²) >= 11 is 0. The van der Waals surface area contributed by atoms with Crippen molar-refractivity contribution in [3.63, 3.8) is 0 Å². The van der Waals surface area contributed by atoms with E-state index in [4.69, 9.17) is 9.84 Å². The fourth-order valence-electron chi connectivity index (χ4n) is 1.97. The van der Waals surface area contributed by atoms with Crippen molar-refractivity contribution in [2.24, 2.45) is 0 Å². The number of hydrogen-bond acceptors (Lipinski definition) is 3. The van der Waals surface area contributed by atoms with E-state index in [0.29, 0.717) is 0 Å². The van der Waals surface area contributed by atoms with Gasteiger partial charge in [0.2, 0.25) is 0 Å². The van der Waals surface area contributed by atoms with Gasteiger partial charge in [0.1, 0.15) is 6.10 Å². The van der Waals surface area contributed by atoms with Crippen molar-refractivity contribution < 1.29 is 19.4 Å². The predicted molar refractivity (Wildman–Crippen MR) is 62.7 cm³/mol. The normalized spacial score (nSPS) is 20.5. The van der Waals surface area contributed by atoms with E-state index in [0.717, 1.165) is 38.8 Å². The molecule has 1 rings (SSSR count). The van der Waals surface area contributed by atoms with Crippen LogP contribution in [0.15, 0.2) is 0 Å². The second-order valence-corrected chi connectivity index (χ2v) is 4.50. The molecule has 0 bridgehead atoms. The summed E-state index contributed by atoms with van der Waals surface area (Å²) in [6.45, 7) is 4.57. The van der Waals surface area contributed by atoms with Crippen LogP contribution in [0.5, 0.6) is 0 Å². The number of likely N-dealkylation sites (tertiary alicyclic amines) is 1. The van der Waals surface area contributed by atoms with Crippen molar-refractivity contribution in [1.29, 1.82) is 0 Å². The molecular formula is C12H21NO4. The second-order valence-electron chi connectivity index (χ2n) is 4.50. The SMILES string of the molecule is CC(O[C@H](C)C(=O)O)C(=O)N1CCCCCC1. The molecule has 98 valence electrons.